The standard InChI is InChI=1S/C10H11IN2/c1-2-13-9-5-3-4-8(12)7(9)6-10(13)11/h3-6H,2,12H2,1H3. The van der Waals surface area contributed by atoms with Gasteiger partial charge in [0.15, 0.2) is 0 Å². The Kier molecular flexibility index (Phi) is 2.19. The number of halogens is 1. The second-order valence-corrected chi connectivity index (χ2v) is 4.10. The summed E-state index contributed by atoms with van der Waals surface area (Å²) in [6, 6.07) is 8.18. The molecule has 0 atom stereocenters. The van der Waals surface area contributed by atoms with E-state index in [1.807, 2.05) is 12.1 Å². The summed E-state index contributed by atoms with van der Waals surface area (Å²) in [6.07, 6.45) is 0. The van der Waals surface area contributed by atoms with Gasteiger partial charge in [0.1, 0.15) is 0 Å². The third kappa shape index (κ3) is 1.31. The van der Waals surface area contributed by atoms with Gasteiger partial charge in [-0.15, -0.1) is 0 Å². The maximum absolute atomic E-state index is 5.88. The van der Waals surface area contributed by atoms with Crippen LogP contribution >= 0.6 is 22.6 Å². The monoisotopic (exact) mass is 286 g/mol. The van der Waals surface area contributed by atoms with Crippen molar-refractivity contribution in [3.05, 3.63) is 28.0 Å². The highest BCUT2D eigenvalue weighted by Gasteiger charge is 2.05. The maximum Gasteiger partial charge on any atom is 0.0809 e. The van der Waals surface area contributed by atoms with E-state index in [0.717, 1.165) is 17.6 Å². The largest absolute Gasteiger partial charge is 0.398 e. The summed E-state index contributed by atoms with van der Waals surface area (Å²) in [5.74, 6) is 0. The van der Waals surface area contributed by atoms with Crippen LogP contribution in [-0.4, -0.2) is 4.57 Å². The first-order valence-corrected chi connectivity index (χ1v) is 5.35. The SMILES string of the molecule is CCn1c(I)cc2c(N)cccc21. The van der Waals surface area contributed by atoms with Crippen molar-refractivity contribution in [1.82, 2.24) is 4.57 Å². The number of nitrogen functional groups attached to an aromatic ring is 1. The second kappa shape index (κ2) is 3.21. The van der Waals surface area contributed by atoms with Crippen molar-refractivity contribution in [2.24, 2.45) is 0 Å². The van der Waals surface area contributed by atoms with Crippen LogP contribution in [0.3, 0.4) is 0 Å². The van der Waals surface area contributed by atoms with Crippen LogP contribution in [-0.2, 0) is 6.54 Å². The minimum Gasteiger partial charge on any atom is -0.398 e. The zero-order chi connectivity index (χ0) is 9.42. The zero-order valence-electron chi connectivity index (χ0n) is 7.42. The van der Waals surface area contributed by atoms with Crippen molar-refractivity contribution in [2.45, 2.75) is 13.5 Å². The van der Waals surface area contributed by atoms with Gasteiger partial charge in [0.25, 0.3) is 0 Å². The predicted octanol–water partition coefficient (Wildman–Crippen LogP) is 2.85. The smallest absolute Gasteiger partial charge is 0.0809 e. The summed E-state index contributed by atoms with van der Waals surface area (Å²) in [4.78, 5) is 0. The lowest BCUT2D eigenvalue weighted by molar-refractivity contribution is 0.778. The van der Waals surface area contributed by atoms with Crippen LogP contribution in [0.5, 0.6) is 0 Å². The molecule has 0 aliphatic rings. The number of aromatic nitrogens is 1. The van der Waals surface area contributed by atoms with Gasteiger partial charge in [-0.3, -0.25) is 0 Å². The molecule has 0 fully saturated rings. The van der Waals surface area contributed by atoms with Gasteiger partial charge < -0.3 is 10.3 Å². The molecule has 68 valence electrons. The Morgan fingerprint density at radius 3 is 2.92 bits per heavy atom. The Morgan fingerprint density at radius 2 is 2.23 bits per heavy atom. The van der Waals surface area contributed by atoms with Crippen molar-refractivity contribution >= 4 is 39.2 Å². The number of hydrogen-bond donors (Lipinski definition) is 1. The minimum atomic E-state index is 0.864. The van der Waals surface area contributed by atoms with Crippen LogP contribution in [0.1, 0.15) is 6.92 Å². The highest BCUT2D eigenvalue weighted by molar-refractivity contribution is 14.1. The molecule has 0 spiro atoms. The number of rotatable bonds is 1. The Morgan fingerprint density at radius 1 is 1.46 bits per heavy atom. The van der Waals surface area contributed by atoms with Crippen molar-refractivity contribution in [3.63, 3.8) is 0 Å². The highest BCUT2D eigenvalue weighted by atomic mass is 127. The first-order chi connectivity index (χ1) is 6.24. The molecule has 2 nitrogen and oxygen atoms in total. The van der Waals surface area contributed by atoms with Crippen LogP contribution in [0.15, 0.2) is 24.3 Å². The van der Waals surface area contributed by atoms with E-state index in [1.54, 1.807) is 0 Å². The summed E-state index contributed by atoms with van der Waals surface area (Å²) < 4.78 is 3.50. The number of benzene rings is 1. The van der Waals surface area contributed by atoms with Crippen LogP contribution in [0, 0.1) is 3.70 Å². The van der Waals surface area contributed by atoms with Crippen LogP contribution in [0.4, 0.5) is 5.69 Å². The maximum atomic E-state index is 5.88. The molecule has 1 aromatic carbocycles. The van der Waals surface area contributed by atoms with Gasteiger partial charge in [0, 0.05) is 17.6 Å². The van der Waals surface area contributed by atoms with Crippen LogP contribution in [0.2, 0.25) is 0 Å². The van der Waals surface area contributed by atoms with E-state index in [4.69, 9.17) is 5.73 Å². The minimum absolute atomic E-state index is 0.864. The van der Waals surface area contributed by atoms with Crippen LogP contribution < -0.4 is 5.73 Å². The molecule has 0 bridgehead atoms. The van der Waals surface area contributed by atoms with Crippen molar-refractivity contribution in [2.75, 3.05) is 5.73 Å². The van der Waals surface area contributed by atoms with E-state index < -0.39 is 0 Å². The summed E-state index contributed by atoms with van der Waals surface area (Å²) in [5.41, 5.74) is 7.97. The third-order valence-corrected chi connectivity index (χ3v) is 3.14. The van der Waals surface area contributed by atoms with Gasteiger partial charge in [0.05, 0.1) is 9.22 Å². The fourth-order valence-corrected chi connectivity index (χ4v) is 2.51. The van der Waals surface area contributed by atoms with Crippen LogP contribution in [0.25, 0.3) is 10.9 Å². The lowest BCUT2D eigenvalue weighted by atomic mass is 10.2. The van der Waals surface area contributed by atoms with Gasteiger partial charge in [0.2, 0.25) is 0 Å². The molecule has 0 saturated heterocycles. The Labute approximate surface area is 90.9 Å². The zero-order valence-corrected chi connectivity index (χ0v) is 9.58. The highest BCUT2D eigenvalue weighted by Crippen LogP contribution is 2.25. The number of nitrogens with two attached hydrogens (primary N) is 1. The molecule has 1 heterocycles. The predicted molar refractivity (Wildman–Crippen MR) is 64.7 cm³/mol. The second-order valence-electron chi connectivity index (χ2n) is 2.99. The molecule has 13 heavy (non-hydrogen) atoms. The molecule has 0 saturated carbocycles. The lowest BCUT2D eigenvalue weighted by Crippen LogP contribution is -1.95. The molecule has 2 N–H and O–H groups in total. The van der Waals surface area contributed by atoms with Gasteiger partial charge in [-0.2, -0.15) is 0 Å². The first kappa shape index (κ1) is 8.87. The molecule has 0 amide bonds. The number of nitrogens with zero attached hydrogens (tertiary/aromatic N) is 1. The summed E-state index contributed by atoms with van der Waals surface area (Å²) in [6.45, 7) is 3.13. The van der Waals surface area contributed by atoms with E-state index >= 15 is 0 Å². The van der Waals surface area contributed by atoms with Gasteiger partial charge in [-0.05, 0) is 47.7 Å². The number of aryl methyl sites for hydroxylation is 1. The van der Waals surface area contributed by atoms with E-state index in [0.29, 0.717) is 0 Å². The van der Waals surface area contributed by atoms with Gasteiger partial charge >= 0.3 is 0 Å². The normalized spacial score (nSPS) is 10.9. The molecule has 0 aliphatic heterocycles. The molecule has 0 radical (unpaired) electrons. The van der Waals surface area contributed by atoms with E-state index in [1.165, 1.54) is 9.22 Å². The number of hydrogen-bond acceptors (Lipinski definition) is 1. The molecule has 0 aliphatic carbocycles. The summed E-state index contributed by atoms with van der Waals surface area (Å²) in [7, 11) is 0. The van der Waals surface area contributed by atoms with Crippen molar-refractivity contribution in [1.29, 1.82) is 0 Å². The fraction of sp³-hybridized carbons (Fsp3) is 0.200. The summed E-state index contributed by atoms with van der Waals surface area (Å²) in [5, 5.41) is 1.16. The molecule has 1 aromatic heterocycles. The van der Waals surface area contributed by atoms with Gasteiger partial charge in [-0.1, -0.05) is 6.07 Å². The van der Waals surface area contributed by atoms with E-state index in [2.05, 4.69) is 46.2 Å². The molecule has 2 rings (SSSR count). The lowest BCUT2D eigenvalue weighted by Gasteiger charge is -2.02. The molecular formula is C10H11IN2. The van der Waals surface area contributed by atoms with E-state index in [9.17, 15) is 0 Å². The first-order valence-electron chi connectivity index (χ1n) is 4.27. The number of fused-ring (bicyclic) bond motifs is 1. The average molecular weight is 286 g/mol. The molecule has 3 heteroatoms. The molecule has 2 aromatic rings. The average Bonchev–Trinajstić information content (AvgIpc) is 2.43. The Hall–Kier alpha value is -0.710. The van der Waals surface area contributed by atoms with E-state index in [-0.39, 0.29) is 0 Å². The number of anilines is 1. The third-order valence-electron chi connectivity index (χ3n) is 2.25. The van der Waals surface area contributed by atoms with Gasteiger partial charge in [-0.25, -0.2) is 0 Å². The Bertz CT molecular complexity index is 445. The summed E-state index contributed by atoms with van der Waals surface area (Å²) >= 11 is 2.34. The molecular weight excluding hydrogens is 275 g/mol. The topological polar surface area (TPSA) is 30.9 Å². The Balaban J connectivity index is 2.86. The van der Waals surface area contributed by atoms with Crippen molar-refractivity contribution in [3.8, 4) is 0 Å². The quantitative estimate of drug-likeness (QED) is 0.634. The fourth-order valence-electron chi connectivity index (χ4n) is 1.60. The van der Waals surface area contributed by atoms with Crippen molar-refractivity contribution < 1.29 is 0 Å². The molecule has 0 unspecified atom stereocenters.